The fourth-order valence-corrected chi connectivity index (χ4v) is 2.81. The van der Waals surface area contributed by atoms with Crippen LogP contribution in [0.15, 0.2) is 29.0 Å². The first-order valence-electron chi connectivity index (χ1n) is 6.34. The molecule has 1 saturated carbocycles. The van der Waals surface area contributed by atoms with E-state index in [0.717, 1.165) is 18.4 Å². The Bertz CT molecular complexity index is 625. The number of nitro groups is 1. The number of pyridine rings is 1. The third-order valence-corrected chi connectivity index (χ3v) is 4.00. The topological polar surface area (TPSA) is 85.3 Å². The Balaban J connectivity index is 1.98. The molecule has 7 heteroatoms. The van der Waals surface area contributed by atoms with Crippen molar-refractivity contribution in [3.63, 3.8) is 0 Å². The summed E-state index contributed by atoms with van der Waals surface area (Å²) in [5, 5.41) is 15.2. The minimum atomic E-state index is -0.398. The summed E-state index contributed by atoms with van der Waals surface area (Å²) in [6.07, 6.45) is 2.08. The van der Waals surface area contributed by atoms with Gasteiger partial charge in [0.15, 0.2) is 0 Å². The van der Waals surface area contributed by atoms with E-state index in [4.69, 9.17) is 5.73 Å². The third-order valence-electron chi connectivity index (χ3n) is 3.27. The lowest BCUT2D eigenvalue weighted by Gasteiger charge is -2.22. The van der Waals surface area contributed by atoms with Gasteiger partial charge in [0, 0.05) is 18.7 Å². The minimum absolute atomic E-state index is 0.0151. The van der Waals surface area contributed by atoms with Crippen LogP contribution in [-0.2, 0) is 6.54 Å². The van der Waals surface area contributed by atoms with Gasteiger partial charge in [0.05, 0.1) is 4.92 Å². The highest BCUT2D eigenvalue weighted by Crippen LogP contribution is 2.37. The number of anilines is 2. The molecular weight excluding hydrogens is 276 g/mol. The standard InChI is InChI=1S/C13H14N4O2S/c14-12-4-3-11(17(18)19)13(15-12)16(10-1-2-10)7-9-5-6-20-8-9/h3-6,8,10H,1-2,7H2,(H2,14,15). The van der Waals surface area contributed by atoms with Gasteiger partial charge in [0.25, 0.3) is 0 Å². The molecule has 0 radical (unpaired) electrons. The molecule has 1 aliphatic rings. The lowest BCUT2D eigenvalue weighted by atomic mass is 10.2. The second-order valence-corrected chi connectivity index (χ2v) is 5.61. The number of hydrogen-bond acceptors (Lipinski definition) is 6. The van der Waals surface area contributed by atoms with Crippen molar-refractivity contribution in [1.82, 2.24) is 4.98 Å². The molecule has 0 amide bonds. The maximum atomic E-state index is 11.2. The van der Waals surface area contributed by atoms with Gasteiger partial charge in [-0.1, -0.05) is 0 Å². The van der Waals surface area contributed by atoms with Crippen molar-refractivity contribution in [3.05, 3.63) is 44.6 Å². The van der Waals surface area contributed by atoms with Gasteiger partial charge in [-0.3, -0.25) is 10.1 Å². The quantitative estimate of drug-likeness (QED) is 0.676. The van der Waals surface area contributed by atoms with Crippen LogP contribution in [0, 0.1) is 10.1 Å². The summed E-state index contributed by atoms with van der Waals surface area (Å²) < 4.78 is 0. The molecule has 0 aromatic carbocycles. The lowest BCUT2D eigenvalue weighted by molar-refractivity contribution is -0.384. The summed E-state index contributed by atoms with van der Waals surface area (Å²) in [4.78, 5) is 17.0. The van der Waals surface area contributed by atoms with E-state index in [2.05, 4.69) is 4.98 Å². The molecule has 0 spiro atoms. The molecule has 1 fully saturated rings. The Morgan fingerprint density at radius 2 is 2.25 bits per heavy atom. The van der Waals surface area contributed by atoms with E-state index in [1.54, 1.807) is 11.3 Å². The Kier molecular flexibility index (Phi) is 3.27. The van der Waals surface area contributed by atoms with E-state index < -0.39 is 4.92 Å². The van der Waals surface area contributed by atoms with Gasteiger partial charge < -0.3 is 10.6 Å². The summed E-state index contributed by atoms with van der Waals surface area (Å²) in [6.45, 7) is 0.630. The largest absolute Gasteiger partial charge is 0.384 e. The smallest absolute Gasteiger partial charge is 0.311 e. The molecule has 2 N–H and O–H groups in total. The molecule has 104 valence electrons. The molecule has 20 heavy (non-hydrogen) atoms. The fourth-order valence-electron chi connectivity index (χ4n) is 2.15. The van der Waals surface area contributed by atoms with Crippen LogP contribution in [0.4, 0.5) is 17.3 Å². The van der Waals surface area contributed by atoms with Crippen LogP contribution in [0.3, 0.4) is 0 Å². The average molecular weight is 290 g/mol. The van der Waals surface area contributed by atoms with Crippen LogP contribution in [-0.4, -0.2) is 15.9 Å². The van der Waals surface area contributed by atoms with Crippen molar-refractivity contribution in [2.45, 2.75) is 25.4 Å². The minimum Gasteiger partial charge on any atom is -0.384 e. The maximum absolute atomic E-state index is 11.2. The molecule has 2 aromatic heterocycles. The van der Waals surface area contributed by atoms with Crippen LogP contribution in [0.2, 0.25) is 0 Å². The Morgan fingerprint density at radius 3 is 2.85 bits per heavy atom. The van der Waals surface area contributed by atoms with E-state index in [0.29, 0.717) is 24.2 Å². The van der Waals surface area contributed by atoms with Gasteiger partial charge in [-0.2, -0.15) is 11.3 Å². The number of nitrogens with two attached hydrogens (primary N) is 1. The van der Waals surface area contributed by atoms with Crippen LogP contribution in [0.5, 0.6) is 0 Å². The Morgan fingerprint density at radius 1 is 1.45 bits per heavy atom. The Hall–Kier alpha value is -2.15. The maximum Gasteiger partial charge on any atom is 0.311 e. The van der Waals surface area contributed by atoms with Crippen molar-refractivity contribution in [2.75, 3.05) is 10.6 Å². The van der Waals surface area contributed by atoms with Crippen LogP contribution in [0.1, 0.15) is 18.4 Å². The van der Waals surface area contributed by atoms with E-state index in [9.17, 15) is 10.1 Å². The SMILES string of the molecule is Nc1ccc([N+](=O)[O-])c(N(Cc2ccsc2)C2CC2)n1. The third kappa shape index (κ3) is 2.57. The average Bonchev–Trinajstić information content (AvgIpc) is 3.12. The van der Waals surface area contributed by atoms with E-state index in [-0.39, 0.29) is 5.69 Å². The molecule has 0 atom stereocenters. The van der Waals surface area contributed by atoms with E-state index in [1.165, 1.54) is 12.1 Å². The van der Waals surface area contributed by atoms with E-state index >= 15 is 0 Å². The molecule has 3 rings (SSSR count). The number of hydrogen-bond donors (Lipinski definition) is 1. The second kappa shape index (κ2) is 5.09. The van der Waals surface area contributed by atoms with Gasteiger partial charge in [0.1, 0.15) is 5.82 Å². The molecule has 6 nitrogen and oxygen atoms in total. The second-order valence-electron chi connectivity index (χ2n) is 4.83. The predicted octanol–water partition coefficient (Wildman–Crippen LogP) is 2.80. The van der Waals surface area contributed by atoms with Gasteiger partial charge in [0.2, 0.25) is 5.82 Å². The van der Waals surface area contributed by atoms with Gasteiger partial charge in [-0.05, 0) is 41.3 Å². The molecule has 2 heterocycles. The highest BCUT2D eigenvalue weighted by Gasteiger charge is 2.34. The monoisotopic (exact) mass is 290 g/mol. The summed E-state index contributed by atoms with van der Waals surface area (Å²) in [6, 6.07) is 5.25. The van der Waals surface area contributed by atoms with Gasteiger partial charge in [-0.25, -0.2) is 4.98 Å². The first kappa shape index (κ1) is 12.9. The summed E-state index contributed by atoms with van der Waals surface area (Å²) in [5.74, 6) is 0.685. The molecular formula is C13H14N4O2S. The molecule has 0 aliphatic heterocycles. The van der Waals surface area contributed by atoms with Crippen molar-refractivity contribution in [3.8, 4) is 0 Å². The normalized spacial score (nSPS) is 14.2. The first-order valence-corrected chi connectivity index (χ1v) is 7.28. The highest BCUT2D eigenvalue weighted by molar-refractivity contribution is 7.07. The number of thiophene rings is 1. The first-order chi connectivity index (χ1) is 9.65. The zero-order valence-electron chi connectivity index (χ0n) is 10.7. The zero-order chi connectivity index (χ0) is 14.1. The number of rotatable bonds is 5. The zero-order valence-corrected chi connectivity index (χ0v) is 11.5. The summed E-state index contributed by atoms with van der Waals surface area (Å²) >= 11 is 1.62. The summed E-state index contributed by atoms with van der Waals surface area (Å²) in [5.41, 5.74) is 6.86. The molecule has 0 bridgehead atoms. The number of nitrogens with zero attached hydrogens (tertiary/aromatic N) is 3. The fraction of sp³-hybridized carbons (Fsp3) is 0.308. The number of aromatic nitrogens is 1. The van der Waals surface area contributed by atoms with Crippen molar-refractivity contribution in [2.24, 2.45) is 0 Å². The molecule has 2 aromatic rings. The Labute approximate surface area is 120 Å². The molecule has 1 aliphatic carbocycles. The molecule has 0 unspecified atom stereocenters. The van der Waals surface area contributed by atoms with Crippen LogP contribution >= 0.6 is 11.3 Å². The van der Waals surface area contributed by atoms with Crippen LogP contribution < -0.4 is 10.6 Å². The van der Waals surface area contributed by atoms with Crippen molar-refractivity contribution >= 4 is 28.7 Å². The highest BCUT2D eigenvalue weighted by atomic mass is 32.1. The number of nitrogen functional groups attached to an aromatic ring is 1. The van der Waals surface area contributed by atoms with Crippen molar-refractivity contribution in [1.29, 1.82) is 0 Å². The van der Waals surface area contributed by atoms with Gasteiger partial charge >= 0.3 is 5.69 Å². The predicted molar refractivity (Wildman–Crippen MR) is 78.8 cm³/mol. The molecule has 0 saturated heterocycles. The van der Waals surface area contributed by atoms with Crippen LogP contribution in [0.25, 0.3) is 0 Å². The lowest BCUT2D eigenvalue weighted by Crippen LogP contribution is -2.26. The van der Waals surface area contributed by atoms with Gasteiger partial charge in [-0.15, -0.1) is 0 Å². The van der Waals surface area contributed by atoms with Crippen molar-refractivity contribution < 1.29 is 4.92 Å². The summed E-state index contributed by atoms with van der Waals surface area (Å²) in [7, 11) is 0. The van der Waals surface area contributed by atoms with E-state index in [1.807, 2.05) is 21.7 Å².